The van der Waals surface area contributed by atoms with Gasteiger partial charge in [0.2, 0.25) is 0 Å². The zero-order valence-electron chi connectivity index (χ0n) is 7.29. The smallest absolute Gasteiger partial charge is 0.168 e. The van der Waals surface area contributed by atoms with Crippen molar-refractivity contribution in [2.24, 2.45) is 0 Å². The van der Waals surface area contributed by atoms with Crippen LogP contribution >= 0.6 is 0 Å². The first-order valence-corrected chi connectivity index (χ1v) is 4.05. The molecule has 0 spiro atoms. The van der Waals surface area contributed by atoms with E-state index in [1.165, 1.54) is 0 Å². The number of pyridine rings is 1. The summed E-state index contributed by atoms with van der Waals surface area (Å²) in [6.07, 6.45) is 1.76. The van der Waals surface area contributed by atoms with E-state index in [0.717, 1.165) is 18.1 Å². The average molecular weight is 164 g/mol. The summed E-state index contributed by atoms with van der Waals surface area (Å²) in [5, 5.41) is 3.22. The number of aromatic nitrogens is 1. The molecule has 0 saturated carbocycles. The summed E-state index contributed by atoms with van der Waals surface area (Å²) in [6, 6.07) is 3.80. The Labute approximate surface area is 71.8 Å². The summed E-state index contributed by atoms with van der Waals surface area (Å²) in [7, 11) is 0. The Morgan fingerprint density at radius 3 is 3.25 bits per heavy atom. The highest BCUT2D eigenvalue weighted by Gasteiger charge is 2.26. The van der Waals surface area contributed by atoms with Crippen molar-refractivity contribution in [2.45, 2.75) is 19.4 Å². The van der Waals surface area contributed by atoms with Crippen molar-refractivity contribution in [1.82, 2.24) is 4.98 Å². The maximum atomic E-state index is 5.69. The van der Waals surface area contributed by atoms with Crippen LogP contribution in [0.25, 0.3) is 0 Å². The van der Waals surface area contributed by atoms with Gasteiger partial charge in [0.05, 0.1) is 6.54 Å². The summed E-state index contributed by atoms with van der Waals surface area (Å²) in [5.74, 6) is 1.69. The van der Waals surface area contributed by atoms with Crippen LogP contribution in [0.3, 0.4) is 0 Å². The number of hydrogen-bond donors (Lipinski definition) is 1. The minimum atomic E-state index is -0.129. The fraction of sp³-hybridized carbons (Fsp3) is 0.444. The van der Waals surface area contributed by atoms with E-state index in [-0.39, 0.29) is 5.60 Å². The summed E-state index contributed by atoms with van der Waals surface area (Å²) in [5.41, 5.74) is -0.129. The second-order valence-corrected chi connectivity index (χ2v) is 3.57. The molecule has 2 heterocycles. The van der Waals surface area contributed by atoms with Crippen LogP contribution in [0, 0.1) is 0 Å². The second-order valence-electron chi connectivity index (χ2n) is 3.57. The average Bonchev–Trinajstić information content (AvgIpc) is 2.02. The molecule has 0 fully saturated rings. The van der Waals surface area contributed by atoms with Gasteiger partial charge in [-0.25, -0.2) is 4.98 Å². The Kier molecular flexibility index (Phi) is 1.46. The predicted octanol–water partition coefficient (Wildman–Crippen LogP) is 1.66. The molecular weight excluding hydrogens is 152 g/mol. The number of nitrogens with zero attached hydrogens (tertiary/aromatic N) is 1. The standard InChI is InChI=1S/C9H12N2O/c1-9(2)6-11-8-7(12-9)4-3-5-10-8/h3-5H,6H2,1-2H3,(H,10,11). The van der Waals surface area contributed by atoms with E-state index >= 15 is 0 Å². The first kappa shape index (κ1) is 7.40. The molecule has 0 unspecified atom stereocenters. The Bertz CT molecular complexity index is 296. The molecule has 0 saturated heterocycles. The van der Waals surface area contributed by atoms with Gasteiger partial charge in [-0.1, -0.05) is 0 Å². The molecule has 1 N–H and O–H groups in total. The van der Waals surface area contributed by atoms with E-state index in [2.05, 4.69) is 24.1 Å². The van der Waals surface area contributed by atoms with E-state index in [4.69, 9.17) is 4.74 Å². The summed E-state index contributed by atoms with van der Waals surface area (Å²) in [6.45, 7) is 4.91. The van der Waals surface area contributed by atoms with Crippen LogP contribution in [0.4, 0.5) is 5.82 Å². The molecule has 3 heteroatoms. The van der Waals surface area contributed by atoms with Crippen LogP contribution in [-0.2, 0) is 0 Å². The molecule has 3 nitrogen and oxygen atoms in total. The third-order valence-electron chi connectivity index (χ3n) is 1.84. The molecular formula is C9H12N2O. The minimum absolute atomic E-state index is 0.129. The monoisotopic (exact) mass is 164 g/mol. The van der Waals surface area contributed by atoms with E-state index in [0.29, 0.717) is 0 Å². The first-order chi connectivity index (χ1) is 5.67. The molecule has 1 aliphatic rings. The maximum Gasteiger partial charge on any atom is 0.168 e. The van der Waals surface area contributed by atoms with E-state index < -0.39 is 0 Å². The van der Waals surface area contributed by atoms with Crippen molar-refractivity contribution in [3.8, 4) is 5.75 Å². The molecule has 1 aliphatic heterocycles. The molecule has 0 bridgehead atoms. The van der Waals surface area contributed by atoms with Gasteiger partial charge < -0.3 is 10.1 Å². The molecule has 0 amide bonds. The fourth-order valence-corrected chi connectivity index (χ4v) is 1.24. The molecule has 2 rings (SSSR count). The van der Waals surface area contributed by atoms with Gasteiger partial charge in [-0.3, -0.25) is 0 Å². The first-order valence-electron chi connectivity index (χ1n) is 4.05. The highest BCUT2D eigenvalue weighted by molar-refractivity contribution is 5.51. The molecule has 0 aliphatic carbocycles. The van der Waals surface area contributed by atoms with Crippen LogP contribution in [0.1, 0.15) is 13.8 Å². The lowest BCUT2D eigenvalue weighted by Crippen LogP contribution is -2.40. The molecule has 1 aromatic heterocycles. The molecule has 64 valence electrons. The van der Waals surface area contributed by atoms with Crippen molar-refractivity contribution in [3.63, 3.8) is 0 Å². The largest absolute Gasteiger partial charge is 0.482 e. The highest BCUT2D eigenvalue weighted by atomic mass is 16.5. The maximum absolute atomic E-state index is 5.69. The van der Waals surface area contributed by atoms with E-state index in [1.54, 1.807) is 6.20 Å². The van der Waals surface area contributed by atoms with Crippen molar-refractivity contribution >= 4 is 5.82 Å². The lowest BCUT2D eigenvalue weighted by Gasteiger charge is -2.32. The van der Waals surface area contributed by atoms with Gasteiger partial charge in [-0.15, -0.1) is 0 Å². The number of ether oxygens (including phenoxy) is 1. The second kappa shape index (κ2) is 2.37. The van der Waals surface area contributed by atoms with Crippen molar-refractivity contribution < 1.29 is 4.74 Å². The number of anilines is 1. The molecule has 0 atom stereocenters. The molecule has 1 aromatic rings. The van der Waals surface area contributed by atoms with Gasteiger partial charge in [-0.2, -0.15) is 0 Å². The number of hydrogen-bond acceptors (Lipinski definition) is 3. The number of fused-ring (bicyclic) bond motifs is 1. The van der Waals surface area contributed by atoms with Gasteiger partial charge in [0.15, 0.2) is 11.6 Å². The summed E-state index contributed by atoms with van der Waals surface area (Å²) in [4.78, 5) is 4.15. The minimum Gasteiger partial charge on any atom is -0.482 e. The zero-order valence-corrected chi connectivity index (χ0v) is 7.29. The Balaban J connectivity index is 2.35. The topological polar surface area (TPSA) is 34.2 Å². The van der Waals surface area contributed by atoms with Gasteiger partial charge >= 0.3 is 0 Å². The van der Waals surface area contributed by atoms with Crippen LogP contribution in [0.15, 0.2) is 18.3 Å². The van der Waals surface area contributed by atoms with Crippen LogP contribution in [0.2, 0.25) is 0 Å². The fourth-order valence-electron chi connectivity index (χ4n) is 1.24. The van der Waals surface area contributed by atoms with Gasteiger partial charge in [0.1, 0.15) is 5.60 Å². The van der Waals surface area contributed by atoms with Crippen LogP contribution in [0.5, 0.6) is 5.75 Å². The summed E-state index contributed by atoms with van der Waals surface area (Å²) < 4.78 is 5.69. The Morgan fingerprint density at radius 2 is 2.42 bits per heavy atom. The van der Waals surface area contributed by atoms with Crippen molar-refractivity contribution in [3.05, 3.63) is 18.3 Å². The van der Waals surface area contributed by atoms with E-state index in [1.807, 2.05) is 12.1 Å². The van der Waals surface area contributed by atoms with Gasteiger partial charge in [-0.05, 0) is 26.0 Å². The number of nitrogens with one attached hydrogen (secondary N) is 1. The van der Waals surface area contributed by atoms with Gasteiger partial charge in [0, 0.05) is 6.20 Å². The SMILES string of the molecule is CC1(C)CNc2ncccc2O1. The zero-order chi connectivity index (χ0) is 8.60. The summed E-state index contributed by atoms with van der Waals surface area (Å²) >= 11 is 0. The predicted molar refractivity (Wildman–Crippen MR) is 47.4 cm³/mol. The van der Waals surface area contributed by atoms with Crippen molar-refractivity contribution in [2.75, 3.05) is 11.9 Å². The highest BCUT2D eigenvalue weighted by Crippen LogP contribution is 2.29. The molecule has 12 heavy (non-hydrogen) atoms. The van der Waals surface area contributed by atoms with Crippen LogP contribution in [-0.4, -0.2) is 17.1 Å². The third kappa shape index (κ3) is 1.22. The lowest BCUT2D eigenvalue weighted by atomic mass is 10.1. The normalized spacial score (nSPS) is 18.8. The number of rotatable bonds is 0. The lowest BCUT2D eigenvalue weighted by molar-refractivity contribution is 0.115. The quantitative estimate of drug-likeness (QED) is 0.633. The van der Waals surface area contributed by atoms with Crippen molar-refractivity contribution in [1.29, 1.82) is 0 Å². The van der Waals surface area contributed by atoms with E-state index in [9.17, 15) is 0 Å². The van der Waals surface area contributed by atoms with Crippen LogP contribution < -0.4 is 10.1 Å². The Morgan fingerprint density at radius 1 is 1.58 bits per heavy atom. The van der Waals surface area contributed by atoms with Gasteiger partial charge in [0.25, 0.3) is 0 Å². The molecule has 0 radical (unpaired) electrons. The third-order valence-corrected chi connectivity index (χ3v) is 1.84. The molecule has 0 aromatic carbocycles. The Hall–Kier alpha value is -1.25.